The maximum atomic E-state index is 13.0. The molecule has 0 spiro atoms. The largest absolute Gasteiger partial charge is 0.491 e. The van der Waals surface area contributed by atoms with Crippen LogP contribution in [0.3, 0.4) is 0 Å². The van der Waals surface area contributed by atoms with Crippen molar-refractivity contribution in [3.8, 4) is 5.75 Å². The lowest BCUT2D eigenvalue weighted by Gasteiger charge is -2.17. The zero-order chi connectivity index (χ0) is 19.0. The highest BCUT2D eigenvalue weighted by Crippen LogP contribution is 2.27. The Morgan fingerprint density at radius 2 is 1.74 bits per heavy atom. The van der Waals surface area contributed by atoms with Gasteiger partial charge in [-0.3, -0.25) is 0 Å². The predicted molar refractivity (Wildman–Crippen MR) is 107 cm³/mol. The average Bonchev–Trinajstić information content (AvgIpc) is 3.29. The summed E-state index contributed by atoms with van der Waals surface area (Å²) in [5.41, 5.74) is 2.05. The molecule has 0 aliphatic carbocycles. The van der Waals surface area contributed by atoms with E-state index in [0.29, 0.717) is 18.8 Å². The van der Waals surface area contributed by atoms with Crippen molar-refractivity contribution < 1.29 is 13.2 Å². The van der Waals surface area contributed by atoms with Gasteiger partial charge in [-0.25, -0.2) is 8.42 Å². The summed E-state index contributed by atoms with van der Waals surface area (Å²) in [5, 5.41) is 1.14. The Morgan fingerprint density at radius 1 is 1.00 bits per heavy atom. The van der Waals surface area contributed by atoms with Crippen LogP contribution < -0.4 is 4.74 Å². The molecule has 1 aliphatic rings. The summed E-state index contributed by atoms with van der Waals surface area (Å²) in [6.07, 6.45) is 4.01. The van der Waals surface area contributed by atoms with Crippen molar-refractivity contribution in [2.24, 2.45) is 0 Å². The van der Waals surface area contributed by atoms with E-state index in [4.69, 9.17) is 4.74 Å². The third-order valence-electron chi connectivity index (χ3n) is 4.61. The zero-order valence-electron chi connectivity index (χ0n) is 15.4. The van der Waals surface area contributed by atoms with Crippen LogP contribution in [0.15, 0.2) is 71.8 Å². The Morgan fingerprint density at radius 3 is 2.48 bits per heavy atom. The fourth-order valence-electron chi connectivity index (χ4n) is 3.32. The Balaban J connectivity index is 1.55. The summed E-state index contributed by atoms with van der Waals surface area (Å²) in [4.78, 5) is 0.283. The van der Waals surface area contributed by atoms with Gasteiger partial charge in [-0.05, 0) is 61.7 Å². The molecule has 0 saturated heterocycles. The first-order chi connectivity index (χ1) is 12.9. The maximum absolute atomic E-state index is 13.0. The molecule has 4 rings (SSSR count). The molecule has 1 aliphatic heterocycles. The monoisotopic (exact) mass is 382 g/mol. The molecule has 0 amide bonds. The van der Waals surface area contributed by atoms with Gasteiger partial charge in [0.1, 0.15) is 5.75 Å². The first-order valence-corrected chi connectivity index (χ1v) is 10.4. The molecule has 0 N–H and O–H groups in total. The van der Waals surface area contributed by atoms with E-state index < -0.39 is 10.0 Å². The number of rotatable bonds is 5. The van der Waals surface area contributed by atoms with Gasteiger partial charge in [-0.1, -0.05) is 18.2 Å². The van der Waals surface area contributed by atoms with E-state index in [1.54, 1.807) is 24.3 Å². The molecule has 3 aromatic rings. The van der Waals surface area contributed by atoms with Crippen LogP contribution in [0.1, 0.15) is 13.8 Å². The maximum Gasteiger partial charge on any atom is 0.243 e. The fourth-order valence-corrected chi connectivity index (χ4v) is 4.67. The van der Waals surface area contributed by atoms with Crippen LogP contribution in [-0.4, -0.2) is 36.5 Å². The summed E-state index contributed by atoms with van der Waals surface area (Å²) >= 11 is 0. The van der Waals surface area contributed by atoms with Crippen LogP contribution in [0, 0.1) is 0 Å². The van der Waals surface area contributed by atoms with E-state index in [0.717, 1.165) is 16.6 Å². The molecular weight excluding hydrogens is 360 g/mol. The Kier molecular flexibility index (Phi) is 4.53. The number of aromatic nitrogens is 1. The third-order valence-corrected chi connectivity index (χ3v) is 6.44. The van der Waals surface area contributed by atoms with Crippen molar-refractivity contribution in [1.29, 1.82) is 0 Å². The van der Waals surface area contributed by atoms with Crippen molar-refractivity contribution in [2.75, 3.05) is 13.1 Å². The highest BCUT2D eigenvalue weighted by Gasteiger charge is 2.29. The smallest absolute Gasteiger partial charge is 0.243 e. The van der Waals surface area contributed by atoms with Crippen LogP contribution in [0.4, 0.5) is 0 Å². The van der Waals surface area contributed by atoms with Gasteiger partial charge in [-0.15, -0.1) is 0 Å². The van der Waals surface area contributed by atoms with Gasteiger partial charge in [0.15, 0.2) is 0 Å². The highest BCUT2D eigenvalue weighted by atomic mass is 32.2. The second-order valence-electron chi connectivity index (χ2n) is 6.88. The number of hydrogen-bond donors (Lipinski definition) is 0. The van der Waals surface area contributed by atoms with Gasteiger partial charge in [0.25, 0.3) is 0 Å². The predicted octanol–water partition coefficient (Wildman–Crippen LogP) is 3.97. The molecule has 2 heterocycles. The van der Waals surface area contributed by atoms with Crippen LogP contribution >= 0.6 is 0 Å². The zero-order valence-corrected chi connectivity index (χ0v) is 16.2. The number of ether oxygens (including phenoxy) is 1. The van der Waals surface area contributed by atoms with Crippen molar-refractivity contribution in [2.45, 2.75) is 24.8 Å². The van der Waals surface area contributed by atoms with E-state index in [1.807, 2.05) is 50.4 Å². The van der Waals surface area contributed by atoms with Crippen LogP contribution in [0.5, 0.6) is 5.75 Å². The number of sulfonamides is 1. The van der Waals surface area contributed by atoms with Gasteiger partial charge in [-0.2, -0.15) is 4.31 Å². The van der Waals surface area contributed by atoms with Gasteiger partial charge in [0.05, 0.1) is 23.1 Å². The summed E-state index contributed by atoms with van der Waals surface area (Å²) in [6.45, 7) is 4.60. The number of fused-ring (bicyclic) bond motifs is 1. The topological polar surface area (TPSA) is 51.5 Å². The van der Waals surface area contributed by atoms with E-state index in [-0.39, 0.29) is 11.0 Å². The van der Waals surface area contributed by atoms with Crippen molar-refractivity contribution in [3.63, 3.8) is 0 Å². The van der Waals surface area contributed by atoms with Gasteiger partial charge < -0.3 is 9.30 Å². The van der Waals surface area contributed by atoms with Crippen LogP contribution in [0.2, 0.25) is 0 Å². The SMILES string of the molecule is CC(C)Oc1ccc(S(=O)(=O)N2CC=C(n3ccc4ccccc43)C2)cc1. The summed E-state index contributed by atoms with van der Waals surface area (Å²) in [6, 6.07) is 16.8. The van der Waals surface area contributed by atoms with Crippen molar-refractivity contribution in [1.82, 2.24) is 8.87 Å². The third kappa shape index (κ3) is 3.38. The summed E-state index contributed by atoms with van der Waals surface area (Å²) in [7, 11) is -3.55. The molecule has 27 heavy (non-hydrogen) atoms. The van der Waals surface area contributed by atoms with E-state index >= 15 is 0 Å². The minimum absolute atomic E-state index is 0.0502. The minimum atomic E-state index is -3.55. The standard InChI is InChI=1S/C21H22N2O3S/c1-16(2)26-19-7-9-20(10-8-19)27(24,25)22-13-12-18(15-22)23-14-11-17-5-3-4-6-21(17)23/h3-12,14,16H,13,15H2,1-2H3. The highest BCUT2D eigenvalue weighted by molar-refractivity contribution is 7.89. The molecular formula is C21H22N2O3S. The number of hydrogen-bond acceptors (Lipinski definition) is 3. The Bertz CT molecular complexity index is 1100. The molecule has 0 bridgehead atoms. The second kappa shape index (κ2) is 6.87. The molecule has 0 fully saturated rings. The summed E-state index contributed by atoms with van der Waals surface area (Å²) in [5.74, 6) is 0.669. The first kappa shape index (κ1) is 17.8. The van der Waals surface area contributed by atoms with E-state index in [2.05, 4.69) is 10.6 Å². The second-order valence-corrected chi connectivity index (χ2v) is 8.81. The molecule has 140 valence electrons. The molecule has 1 aromatic heterocycles. The quantitative estimate of drug-likeness (QED) is 0.671. The van der Waals surface area contributed by atoms with Crippen molar-refractivity contribution >= 4 is 26.6 Å². The van der Waals surface area contributed by atoms with E-state index in [9.17, 15) is 8.42 Å². The normalized spacial score (nSPS) is 15.4. The van der Waals surface area contributed by atoms with Crippen molar-refractivity contribution in [3.05, 3.63) is 66.9 Å². The molecule has 0 saturated carbocycles. The van der Waals surface area contributed by atoms with Gasteiger partial charge in [0.2, 0.25) is 10.0 Å². The summed E-state index contributed by atoms with van der Waals surface area (Å²) < 4.78 is 35.1. The molecule has 0 atom stereocenters. The van der Waals surface area contributed by atoms with Crippen LogP contribution in [0.25, 0.3) is 16.6 Å². The van der Waals surface area contributed by atoms with E-state index in [1.165, 1.54) is 4.31 Å². The number of para-hydroxylation sites is 1. The molecule has 6 heteroatoms. The molecule has 2 aromatic carbocycles. The average molecular weight is 382 g/mol. The fraction of sp³-hybridized carbons (Fsp3) is 0.238. The van der Waals surface area contributed by atoms with Gasteiger partial charge in [0, 0.05) is 18.4 Å². The number of nitrogens with zero attached hydrogens (tertiary/aromatic N) is 2. The molecule has 0 radical (unpaired) electrons. The molecule has 0 unspecified atom stereocenters. The lowest BCUT2D eigenvalue weighted by atomic mass is 10.2. The minimum Gasteiger partial charge on any atom is -0.491 e. The Labute approximate surface area is 159 Å². The number of benzene rings is 2. The lowest BCUT2D eigenvalue weighted by molar-refractivity contribution is 0.242. The Hall–Kier alpha value is -2.57. The van der Waals surface area contributed by atoms with Gasteiger partial charge >= 0.3 is 0 Å². The lowest BCUT2D eigenvalue weighted by Crippen LogP contribution is -2.29. The first-order valence-electron chi connectivity index (χ1n) is 8.97. The van der Waals surface area contributed by atoms with Crippen LogP contribution in [-0.2, 0) is 10.0 Å². The molecule has 5 nitrogen and oxygen atoms in total.